The molecule has 1 aliphatic rings. The number of aromatic amines is 1. The first-order chi connectivity index (χ1) is 28.6. The first-order valence-electron chi connectivity index (χ1n) is 24.2. The summed E-state index contributed by atoms with van der Waals surface area (Å²) in [4.78, 5) is 8.36. The molecule has 1 aliphatic heterocycles. The zero-order valence-corrected chi connectivity index (χ0v) is 40.4. The molecule has 0 spiro atoms. The Morgan fingerprint density at radius 2 is 0.862 bits per heavy atom. The molecule has 3 rings (SSSR count). The quantitative estimate of drug-likeness (QED) is 0.0683. The van der Waals surface area contributed by atoms with Crippen LogP contribution in [-0.2, 0) is 0 Å². The van der Waals surface area contributed by atoms with Crippen LogP contribution < -0.4 is 14.2 Å². The van der Waals surface area contributed by atoms with E-state index in [0.29, 0.717) is 19.8 Å². The summed E-state index contributed by atoms with van der Waals surface area (Å²) in [6, 6.07) is 8.46. The highest BCUT2D eigenvalue weighted by Crippen LogP contribution is 2.43. The van der Waals surface area contributed by atoms with E-state index in [1.165, 1.54) is 173 Å². The summed E-state index contributed by atoms with van der Waals surface area (Å²) < 4.78 is 21.9. The first-order valence-corrected chi connectivity index (χ1v) is 25.7. The third-order valence-corrected chi connectivity index (χ3v) is 12.3. The fraction of sp³-hybridized carbons (Fsp3) is 0.706. The summed E-state index contributed by atoms with van der Waals surface area (Å²) >= 11 is 7.25. The van der Waals surface area contributed by atoms with Crippen molar-refractivity contribution in [2.75, 3.05) is 19.8 Å². The Bertz CT molecular complexity index is 1380. The van der Waals surface area contributed by atoms with Crippen molar-refractivity contribution in [2.24, 2.45) is 4.99 Å². The highest BCUT2D eigenvalue weighted by molar-refractivity contribution is 9.18. The molecule has 5 nitrogen and oxygen atoms in total. The second-order valence-corrected chi connectivity index (χ2v) is 18.3. The molecule has 2 aromatic rings. The maximum atomic E-state index is 6.71. The number of aromatic nitrogens is 1. The summed E-state index contributed by atoms with van der Waals surface area (Å²) in [7, 11) is 0. The lowest BCUT2D eigenvalue weighted by Gasteiger charge is -2.20. The minimum absolute atomic E-state index is 0.663. The van der Waals surface area contributed by atoms with Gasteiger partial charge in [0, 0.05) is 11.3 Å². The zero-order chi connectivity index (χ0) is 41.3. The molecule has 0 amide bonds. The Morgan fingerprint density at radius 3 is 1.21 bits per heavy atom. The number of ether oxygens (including phenoxy) is 3. The van der Waals surface area contributed by atoms with Crippen LogP contribution in [0, 0.1) is 0 Å². The van der Waals surface area contributed by atoms with E-state index < -0.39 is 0 Å². The molecule has 0 aliphatic carbocycles. The number of benzene rings is 1. The number of nitrogens with one attached hydrogen (secondary N) is 1. The minimum Gasteiger partial charge on any atom is -0.490 e. The molecule has 1 aromatic heterocycles. The third-order valence-electron chi connectivity index (χ3n) is 11.3. The van der Waals surface area contributed by atoms with Gasteiger partial charge in [0.1, 0.15) is 4.62 Å². The van der Waals surface area contributed by atoms with Gasteiger partial charge in [0.25, 0.3) is 0 Å². The zero-order valence-electron chi connectivity index (χ0n) is 37.2. The standard InChI is InChI=1S/C51H82Br2N2O3/c1-4-7-10-13-16-19-22-25-28-31-38-56-46-41-43(50(44-34-36-48(52)54-44)45-35-37-49(53)55-45)42-47(57-39-32-29-26-23-20-17-14-11-8-5-2)51(46)58-40-33-30-27-24-21-18-15-12-9-6-3/h34-37,41-42,54H,4-33,38-40H2,1-3H3/b50-45+. The molecule has 0 unspecified atom stereocenters. The number of halogens is 2. The van der Waals surface area contributed by atoms with E-state index in [4.69, 9.17) is 19.2 Å². The SMILES string of the molecule is CCCCCCCCCCCCOc1cc(/C(=C2/C=CC(Br)=N2)c2ccc(Br)[nH]2)cc(OCCCCCCCCCCCC)c1OCCCCCCCCCCCC. The number of nitrogens with zero attached hydrogens (tertiary/aromatic N) is 1. The van der Waals surface area contributed by atoms with Crippen molar-refractivity contribution in [1.82, 2.24) is 4.98 Å². The van der Waals surface area contributed by atoms with E-state index in [2.05, 4.69) is 81.9 Å². The molecule has 0 atom stereocenters. The average molecular weight is 931 g/mol. The number of allylic oxidation sites excluding steroid dienone is 2. The lowest BCUT2D eigenvalue weighted by molar-refractivity contribution is 0.234. The number of hydrogen-bond donors (Lipinski definition) is 1. The second kappa shape index (κ2) is 33.7. The fourth-order valence-electron chi connectivity index (χ4n) is 7.82. The molecule has 7 heteroatoms. The summed E-state index contributed by atoms with van der Waals surface area (Å²) in [6.45, 7) is 8.86. The van der Waals surface area contributed by atoms with E-state index in [-0.39, 0.29) is 0 Å². The highest BCUT2D eigenvalue weighted by atomic mass is 79.9. The Morgan fingerprint density at radius 1 is 0.483 bits per heavy atom. The van der Waals surface area contributed by atoms with E-state index in [1.807, 2.05) is 12.1 Å². The molecule has 0 fully saturated rings. The van der Waals surface area contributed by atoms with Crippen LogP contribution in [0.25, 0.3) is 5.57 Å². The largest absolute Gasteiger partial charge is 0.490 e. The molecule has 1 N–H and O–H groups in total. The monoisotopic (exact) mass is 928 g/mol. The molecule has 58 heavy (non-hydrogen) atoms. The lowest BCUT2D eigenvalue weighted by Crippen LogP contribution is -2.07. The van der Waals surface area contributed by atoms with E-state index in [0.717, 1.165) is 68.3 Å². The van der Waals surface area contributed by atoms with Crippen LogP contribution in [0.1, 0.15) is 225 Å². The molecular formula is C51H82Br2N2O3. The van der Waals surface area contributed by atoms with Gasteiger partial charge in [-0.25, -0.2) is 4.99 Å². The molecular weight excluding hydrogens is 848 g/mol. The van der Waals surface area contributed by atoms with Crippen molar-refractivity contribution in [3.63, 3.8) is 0 Å². The molecule has 328 valence electrons. The van der Waals surface area contributed by atoms with E-state index in [9.17, 15) is 0 Å². The molecule has 0 saturated carbocycles. The summed E-state index contributed by atoms with van der Waals surface area (Å²) in [5.74, 6) is 2.29. The molecule has 0 saturated heterocycles. The van der Waals surface area contributed by atoms with Crippen LogP contribution in [0.5, 0.6) is 17.2 Å². The van der Waals surface area contributed by atoms with Gasteiger partial charge in [0.05, 0.1) is 30.1 Å². The number of H-pyrrole nitrogens is 1. The number of aliphatic imine (C=N–C) groups is 1. The van der Waals surface area contributed by atoms with Crippen LogP contribution in [0.3, 0.4) is 0 Å². The lowest BCUT2D eigenvalue weighted by atomic mass is 9.99. The maximum Gasteiger partial charge on any atom is 0.203 e. The van der Waals surface area contributed by atoms with Crippen LogP contribution in [0.15, 0.2) is 51.7 Å². The van der Waals surface area contributed by atoms with Gasteiger partial charge in [0.15, 0.2) is 11.5 Å². The molecule has 0 bridgehead atoms. The predicted octanol–water partition coefficient (Wildman–Crippen LogP) is 17.8. The smallest absolute Gasteiger partial charge is 0.203 e. The Labute approximate surface area is 372 Å². The van der Waals surface area contributed by atoms with Gasteiger partial charge in [-0.3, -0.25) is 0 Å². The van der Waals surface area contributed by atoms with Gasteiger partial charge in [-0.1, -0.05) is 194 Å². The Hall–Kier alpha value is -1.99. The minimum atomic E-state index is 0.663. The van der Waals surface area contributed by atoms with Gasteiger partial charge >= 0.3 is 0 Å². The van der Waals surface area contributed by atoms with Gasteiger partial charge in [-0.05, 0) is 93.1 Å². The second-order valence-electron chi connectivity index (χ2n) is 16.6. The topological polar surface area (TPSA) is 55.8 Å². The van der Waals surface area contributed by atoms with Crippen LogP contribution in [0.4, 0.5) is 0 Å². The Kier molecular flexibility index (Phi) is 29.3. The average Bonchev–Trinajstić information content (AvgIpc) is 3.86. The van der Waals surface area contributed by atoms with Gasteiger partial charge in [-0.2, -0.15) is 0 Å². The summed E-state index contributed by atoms with van der Waals surface area (Å²) in [5.41, 5.74) is 3.88. The van der Waals surface area contributed by atoms with Crippen molar-refractivity contribution in [2.45, 2.75) is 213 Å². The highest BCUT2D eigenvalue weighted by Gasteiger charge is 2.22. The van der Waals surface area contributed by atoms with E-state index in [1.54, 1.807) is 0 Å². The first kappa shape index (κ1) is 50.4. The van der Waals surface area contributed by atoms with Gasteiger partial charge in [0.2, 0.25) is 5.75 Å². The third kappa shape index (κ3) is 22.0. The number of unbranched alkanes of at least 4 members (excludes halogenated alkanes) is 27. The van der Waals surface area contributed by atoms with Crippen LogP contribution in [0.2, 0.25) is 0 Å². The van der Waals surface area contributed by atoms with Crippen LogP contribution >= 0.6 is 31.9 Å². The molecule has 2 heterocycles. The normalized spacial score (nSPS) is 13.4. The van der Waals surface area contributed by atoms with Crippen molar-refractivity contribution < 1.29 is 14.2 Å². The molecule has 1 aromatic carbocycles. The maximum absolute atomic E-state index is 6.71. The van der Waals surface area contributed by atoms with Crippen molar-refractivity contribution in [3.8, 4) is 17.2 Å². The van der Waals surface area contributed by atoms with Crippen LogP contribution in [-0.4, -0.2) is 29.4 Å². The number of rotatable bonds is 38. The Balaban J connectivity index is 1.74. The van der Waals surface area contributed by atoms with Crippen molar-refractivity contribution in [1.29, 1.82) is 0 Å². The van der Waals surface area contributed by atoms with Gasteiger partial charge in [-0.15, -0.1) is 0 Å². The van der Waals surface area contributed by atoms with Crippen molar-refractivity contribution >= 4 is 42.1 Å². The number of hydrogen-bond acceptors (Lipinski definition) is 4. The summed E-state index contributed by atoms with van der Waals surface area (Å²) in [5, 5.41) is 0. The van der Waals surface area contributed by atoms with Crippen molar-refractivity contribution in [3.05, 3.63) is 58.0 Å². The molecule has 0 radical (unpaired) electrons. The van der Waals surface area contributed by atoms with Gasteiger partial charge < -0.3 is 19.2 Å². The summed E-state index contributed by atoms with van der Waals surface area (Å²) in [6.07, 6.45) is 43.0. The van der Waals surface area contributed by atoms with E-state index >= 15 is 0 Å². The fourth-order valence-corrected chi connectivity index (χ4v) is 8.49. The predicted molar refractivity (Wildman–Crippen MR) is 258 cm³/mol.